The van der Waals surface area contributed by atoms with Gasteiger partial charge in [-0.3, -0.25) is 19.4 Å². The molecule has 4 aromatic rings. The first-order valence-corrected chi connectivity index (χ1v) is 15.4. The Labute approximate surface area is 260 Å². The van der Waals surface area contributed by atoms with Gasteiger partial charge >= 0.3 is 0 Å². The van der Waals surface area contributed by atoms with Gasteiger partial charge in [0.2, 0.25) is 11.8 Å². The van der Waals surface area contributed by atoms with E-state index in [2.05, 4.69) is 17.0 Å². The zero-order valence-electron chi connectivity index (χ0n) is 25.7. The summed E-state index contributed by atoms with van der Waals surface area (Å²) >= 11 is 0. The molecule has 2 amide bonds. The highest BCUT2D eigenvalue weighted by molar-refractivity contribution is 6.01. The van der Waals surface area contributed by atoms with Gasteiger partial charge < -0.3 is 9.47 Å². The van der Waals surface area contributed by atoms with Gasteiger partial charge in [-0.15, -0.1) is 0 Å². The van der Waals surface area contributed by atoms with E-state index in [1.165, 1.54) is 5.56 Å². The molecule has 2 heterocycles. The minimum absolute atomic E-state index is 0.0908. The van der Waals surface area contributed by atoms with Crippen LogP contribution in [0.15, 0.2) is 109 Å². The molecule has 6 rings (SSSR count). The summed E-state index contributed by atoms with van der Waals surface area (Å²) in [7, 11) is 1.64. The predicted molar refractivity (Wildman–Crippen MR) is 171 cm³/mol. The van der Waals surface area contributed by atoms with Gasteiger partial charge in [0, 0.05) is 31.5 Å². The molecule has 4 aromatic carbocycles. The Morgan fingerprint density at radius 3 is 2.14 bits per heavy atom. The molecule has 0 N–H and O–H groups in total. The topological polar surface area (TPSA) is 59.1 Å². The third kappa shape index (κ3) is 5.87. The molecule has 0 spiro atoms. The van der Waals surface area contributed by atoms with E-state index in [1.54, 1.807) is 12.0 Å². The molecule has 0 aliphatic carbocycles. The third-order valence-corrected chi connectivity index (χ3v) is 9.28. The Morgan fingerprint density at radius 1 is 0.841 bits per heavy atom. The molecule has 226 valence electrons. The lowest BCUT2D eigenvalue weighted by Crippen LogP contribution is -2.48. The molecule has 0 radical (unpaired) electrons. The van der Waals surface area contributed by atoms with Gasteiger partial charge in [-0.05, 0) is 47.7 Å². The van der Waals surface area contributed by atoms with Gasteiger partial charge in [-0.2, -0.15) is 0 Å². The standard InChI is InChI=1S/C38H40N2O4/c1-27-21-33(30-17-11-6-12-18-30)40(36(27)41)37(42)38(2)26-39(23-28-13-7-4-8-14-28)24-32(38)31-19-20-34(43-3)35(22-31)44-25-29-15-9-5-10-16-29/h4-20,22,27,32-33H,21,23-26H2,1-3H3/t27?,32-,33-,38+/m0/s1. The minimum Gasteiger partial charge on any atom is -0.493 e. The molecular weight excluding hydrogens is 548 g/mol. The summed E-state index contributed by atoms with van der Waals surface area (Å²) in [6, 6.07) is 36.0. The first-order chi connectivity index (χ1) is 21.4. The summed E-state index contributed by atoms with van der Waals surface area (Å²) in [5.41, 5.74) is 3.41. The predicted octanol–water partition coefficient (Wildman–Crippen LogP) is 7.02. The van der Waals surface area contributed by atoms with E-state index >= 15 is 0 Å². The van der Waals surface area contributed by atoms with Gasteiger partial charge in [0.1, 0.15) is 6.61 Å². The maximum Gasteiger partial charge on any atom is 0.237 e. The van der Waals surface area contributed by atoms with Crippen molar-refractivity contribution in [2.24, 2.45) is 11.3 Å². The number of hydrogen-bond acceptors (Lipinski definition) is 5. The number of carbonyl (C=O) groups excluding carboxylic acids is 2. The van der Waals surface area contributed by atoms with Gasteiger partial charge in [0.05, 0.1) is 18.6 Å². The quantitative estimate of drug-likeness (QED) is 0.197. The summed E-state index contributed by atoms with van der Waals surface area (Å²) in [6.45, 7) is 6.31. The molecule has 44 heavy (non-hydrogen) atoms. The van der Waals surface area contributed by atoms with Gasteiger partial charge in [0.15, 0.2) is 11.5 Å². The molecule has 6 nitrogen and oxygen atoms in total. The number of hydrogen-bond donors (Lipinski definition) is 0. The van der Waals surface area contributed by atoms with Crippen molar-refractivity contribution in [3.63, 3.8) is 0 Å². The van der Waals surface area contributed by atoms with Crippen LogP contribution in [0.1, 0.15) is 54.5 Å². The lowest BCUT2D eigenvalue weighted by molar-refractivity contribution is -0.152. The number of likely N-dealkylation sites (tertiary alicyclic amines) is 2. The molecular formula is C38H40N2O4. The van der Waals surface area contributed by atoms with Crippen molar-refractivity contribution in [2.45, 2.75) is 45.4 Å². The number of ether oxygens (including phenoxy) is 2. The number of methoxy groups -OCH3 is 1. The molecule has 2 aliphatic heterocycles. The number of rotatable bonds is 9. The van der Waals surface area contributed by atoms with E-state index in [1.807, 2.05) is 111 Å². The zero-order chi connectivity index (χ0) is 30.7. The molecule has 4 atom stereocenters. The molecule has 0 saturated carbocycles. The van der Waals surface area contributed by atoms with Crippen molar-refractivity contribution in [1.82, 2.24) is 9.80 Å². The Kier molecular flexibility index (Phi) is 8.53. The first kappa shape index (κ1) is 29.6. The Balaban J connectivity index is 1.36. The lowest BCUT2D eigenvalue weighted by atomic mass is 9.74. The van der Waals surface area contributed by atoms with E-state index in [0.29, 0.717) is 37.6 Å². The van der Waals surface area contributed by atoms with Crippen molar-refractivity contribution >= 4 is 11.8 Å². The second kappa shape index (κ2) is 12.7. The highest BCUT2D eigenvalue weighted by Crippen LogP contribution is 2.49. The SMILES string of the molecule is COc1ccc([C@@H]2CN(Cc3ccccc3)C[C@@]2(C)C(=O)N2C(=O)C(C)C[C@H]2c2ccccc2)cc1OCc1ccccc1. The van der Waals surface area contributed by atoms with Crippen LogP contribution >= 0.6 is 0 Å². The minimum atomic E-state index is -0.840. The number of nitrogens with zero attached hydrogens (tertiary/aromatic N) is 2. The number of benzene rings is 4. The maximum absolute atomic E-state index is 14.8. The average molecular weight is 589 g/mol. The zero-order valence-corrected chi connectivity index (χ0v) is 25.7. The molecule has 1 unspecified atom stereocenters. The van der Waals surface area contributed by atoms with Crippen LogP contribution in [0.2, 0.25) is 0 Å². The largest absolute Gasteiger partial charge is 0.493 e. The Hall–Kier alpha value is -4.42. The van der Waals surface area contributed by atoms with Crippen LogP contribution in [0.5, 0.6) is 11.5 Å². The van der Waals surface area contributed by atoms with Crippen LogP contribution in [0.4, 0.5) is 0 Å². The van der Waals surface area contributed by atoms with Crippen molar-refractivity contribution in [2.75, 3.05) is 20.2 Å². The summed E-state index contributed by atoms with van der Waals surface area (Å²) in [5.74, 6) is 0.703. The van der Waals surface area contributed by atoms with Gasteiger partial charge in [-0.1, -0.05) is 104 Å². The average Bonchev–Trinajstić information content (AvgIpc) is 3.56. The van der Waals surface area contributed by atoms with E-state index in [9.17, 15) is 9.59 Å². The summed E-state index contributed by atoms with van der Waals surface area (Å²) < 4.78 is 11.9. The van der Waals surface area contributed by atoms with Crippen LogP contribution < -0.4 is 9.47 Å². The molecule has 0 bridgehead atoms. The van der Waals surface area contributed by atoms with Crippen LogP contribution in [0.3, 0.4) is 0 Å². The van der Waals surface area contributed by atoms with Crippen LogP contribution in [0.25, 0.3) is 0 Å². The van der Waals surface area contributed by atoms with E-state index in [0.717, 1.165) is 23.2 Å². The highest BCUT2D eigenvalue weighted by Gasteiger charge is 2.55. The number of imide groups is 1. The highest BCUT2D eigenvalue weighted by atomic mass is 16.5. The van der Waals surface area contributed by atoms with Crippen molar-refractivity contribution < 1.29 is 19.1 Å². The van der Waals surface area contributed by atoms with Crippen molar-refractivity contribution in [3.8, 4) is 11.5 Å². The number of amides is 2. The second-order valence-corrected chi connectivity index (χ2v) is 12.4. The lowest BCUT2D eigenvalue weighted by Gasteiger charge is -2.36. The van der Waals surface area contributed by atoms with Crippen LogP contribution in [-0.2, 0) is 22.7 Å². The smallest absolute Gasteiger partial charge is 0.237 e. The summed E-state index contributed by atoms with van der Waals surface area (Å²) in [4.78, 5) is 32.4. The first-order valence-electron chi connectivity index (χ1n) is 15.4. The Bertz CT molecular complexity index is 1590. The fourth-order valence-electron chi connectivity index (χ4n) is 6.92. The molecule has 2 fully saturated rings. The maximum atomic E-state index is 14.8. The number of carbonyl (C=O) groups is 2. The second-order valence-electron chi connectivity index (χ2n) is 12.4. The van der Waals surface area contributed by atoms with E-state index in [-0.39, 0.29) is 29.7 Å². The fraction of sp³-hybridized carbons (Fsp3) is 0.316. The monoisotopic (exact) mass is 588 g/mol. The Morgan fingerprint density at radius 2 is 1.48 bits per heavy atom. The fourth-order valence-corrected chi connectivity index (χ4v) is 6.92. The van der Waals surface area contributed by atoms with Gasteiger partial charge in [-0.25, -0.2) is 0 Å². The summed E-state index contributed by atoms with van der Waals surface area (Å²) in [5, 5.41) is 0. The van der Waals surface area contributed by atoms with Crippen LogP contribution in [0, 0.1) is 11.3 Å². The van der Waals surface area contributed by atoms with Crippen molar-refractivity contribution in [1.29, 1.82) is 0 Å². The molecule has 0 aromatic heterocycles. The molecule has 6 heteroatoms. The van der Waals surface area contributed by atoms with E-state index in [4.69, 9.17) is 9.47 Å². The third-order valence-electron chi connectivity index (χ3n) is 9.28. The molecule has 2 saturated heterocycles. The van der Waals surface area contributed by atoms with Gasteiger partial charge in [0.25, 0.3) is 0 Å². The van der Waals surface area contributed by atoms with Crippen LogP contribution in [-0.4, -0.2) is 41.8 Å². The van der Waals surface area contributed by atoms with E-state index < -0.39 is 5.41 Å². The molecule has 2 aliphatic rings. The van der Waals surface area contributed by atoms with Crippen molar-refractivity contribution in [3.05, 3.63) is 131 Å². The normalized spacial score (nSPS) is 23.6. The summed E-state index contributed by atoms with van der Waals surface area (Å²) in [6.07, 6.45) is 0.628.